The lowest BCUT2D eigenvalue weighted by molar-refractivity contribution is -0.0492. The highest BCUT2D eigenvalue weighted by atomic mass is 19.3. The standard InChI is InChI=1S/C23H20F4N8O2/c1-11-2-4-18(33-32-11)30-15-6-14-16(7-17(15)37-23(26)27)35(10-29-14)19-5-3-13(21(24)25)20(31-19)22(36)34-8-12(28)9-34/h2-7,10,12,21,23H,8-9,28H2,1H3,(H,30,33). The number of imidazole rings is 1. The van der Waals surface area contributed by atoms with Gasteiger partial charge in [0, 0.05) is 30.8 Å². The normalized spacial score (nSPS) is 13.9. The predicted molar refractivity (Wildman–Crippen MR) is 124 cm³/mol. The number of nitrogens with one attached hydrogen (secondary N) is 1. The summed E-state index contributed by atoms with van der Waals surface area (Å²) in [6, 6.07) is 8.26. The molecule has 0 atom stereocenters. The van der Waals surface area contributed by atoms with Crippen LogP contribution in [0.2, 0.25) is 0 Å². The second-order valence-electron chi connectivity index (χ2n) is 8.39. The van der Waals surface area contributed by atoms with Gasteiger partial charge in [0.1, 0.15) is 17.8 Å². The molecular formula is C23H20F4N8O2. The van der Waals surface area contributed by atoms with Crippen LogP contribution in [0, 0.1) is 6.92 Å². The van der Waals surface area contributed by atoms with E-state index >= 15 is 0 Å². The maximum atomic E-state index is 13.6. The quantitative estimate of drug-likeness (QED) is 0.357. The van der Waals surface area contributed by atoms with E-state index in [2.05, 4.69) is 25.5 Å². The summed E-state index contributed by atoms with van der Waals surface area (Å²) < 4.78 is 59.8. The number of carbonyl (C=O) groups is 1. The zero-order chi connectivity index (χ0) is 26.3. The molecule has 4 aromatic rings. The van der Waals surface area contributed by atoms with E-state index in [0.717, 1.165) is 6.07 Å². The maximum Gasteiger partial charge on any atom is 0.387 e. The lowest BCUT2D eigenvalue weighted by atomic mass is 10.1. The molecule has 0 saturated carbocycles. The third-order valence-electron chi connectivity index (χ3n) is 5.72. The molecule has 1 aliphatic heterocycles. The number of amides is 1. The monoisotopic (exact) mass is 516 g/mol. The first kappa shape index (κ1) is 24.4. The van der Waals surface area contributed by atoms with Crippen LogP contribution in [0.1, 0.15) is 28.2 Å². The largest absolute Gasteiger partial charge is 0.433 e. The lowest BCUT2D eigenvalue weighted by Crippen LogP contribution is -2.58. The molecule has 5 rings (SSSR count). The number of nitrogens with two attached hydrogens (primary N) is 1. The summed E-state index contributed by atoms with van der Waals surface area (Å²) in [7, 11) is 0. The number of fused-ring (bicyclic) bond motifs is 1. The Bertz CT molecular complexity index is 1460. The summed E-state index contributed by atoms with van der Waals surface area (Å²) in [5.74, 6) is -0.507. The molecule has 37 heavy (non-hydrogen) atoms. The van der Waals surface area contributed by atoms with Gasteiger partial charge >= 0.3 is 6.61 Å². The van der Waals surface area contributed by atoms with E-state index < -0.39 is 30.2 Å². The number of aromatic nitrogens is 5. The number of ether oxygens (including phenoxy) is 1. The van der Waals surface area contributed by atoms with Gasteiger partial charge in [-0.05, 0) is 37.3 Å². The highest BCUT2D eigenvalue weighted by Crippen LogP contribution is 2.34. The van der Waals surface area contributed by atoms with Gasteiger partial charge in [0.15, 0.2) is 11.6 Å². The minimum atomic E-state index is -3.13. The molecule has 10 nitrogen and oxygen atoms in total. The molecule has 0 bridgehead atoms. The van der Waals surface area contributed by atoms with Crippen LogP contribution in [0.4, 0.5) is 29.1 Å². The number of rotatable bonds is 7. The first-order valence-electron chi connectivity index (χ1n) is 11.1. The Hall–Kier alpha value is -4.33. The van der Waals surface area contributed by atoms with Crippen LogP contribution in [-0.4, -0.2) is 61.3 Å². The van der Waals surface area contributed by atoms with E-state index in [4.69, 9.17) is 10.5 Å². The van der Waals surface area contributed by atoms with Crippen molar-refractivity contribution in [3.05, 3.63) is 59.7 Å². The van der Waals surface area contributed by atoms with Crippen molar-refractivity contribution in [1.82, 2.24) is 29.6 Å². The first-order chi connectivity index (χ1) is 17.7. The average molecular weight is 516 g/mol. The number of likely N-dealkylation sites (tertiary alicyclic amines) is 1. The van der Waals surface area contributed by atoms with Crippen molar-refractivity contribution in [2.75, 3.05) is 18.4 Å². The number of carbonyl (C=O) groups excluding carboxylic acids is 1. The predicted octanol–water partition coefficient (Wildman–Crippen LogP) is 3.58. The summed E-state index contributed by atoms with van der Waals surface area (Å²) in [6.45, 7) is -0.914. The number of anilines is 2. The highest BCUT2D eigenvalue weighted by Gasteiger charge is 2.32. The number of halogens is 4. The third-order valence-corrected chi connectivity index (χ3v) is 5.72. The molecule has 3 N–H and O–H groups in total. The number of nitrogens with zero attached hydrogens (tertiary/aromatic N) is 6. The van der Waals surface area contributed by atoms with Gasteiger partial charge < -0.3 is 20.7 Å². The van der Waals surface area contributed by atoms with Gasteiger partial charge in [-0.25, -0.2) is 18.7 Å². The van der Waals surface area contributed by atoms with Gasteiger partial charge in [-0.1, -0.05) is 0 Å². The summed E-state index contributed by atoms with van der Waals surface area (Å²) >= 11 is 0. The van der Waals surface area contributed by atoms with Gasteiger partial charge in [-0.2, -0.15) is 13.9 Å². The minimum absolute atomic E-state index is 0.0909. The minimum Gasteiger partial charge on any atom is -0.433 e. The van der Waals surface area contributed by atoms with Crippen molar-refractivity contribution in [2.45, 2.75) is 26.0 Å². The van der Waals surface area contributed by atoms with E-state index in [0.29, 0.717) is 17.0 Å². The number of hydrogen-bond donors (Lipinski definition) is 2. The number of aryl methyl sites for hydroxylation is 1. The molecule has 4 heterocycles. The summed E-state index contributed by atoms with van der Waals surface area (Å²) in [5, 5.41) is 10.8. The van der Waals surface area contributed by atoms with Crippen molar-refractivity contribution < 1.29 is 27.1 Å². The van der Waals surface area contributed by atoms with Crippen molar-refractivity contribution >= 4 is 28.4 Å². The number of pyridine rings is 1. The smallest absolute Gasteiger partial charge is 0.387 e. The Morgan fingerprint density at radius 2 is 1.92 bits per heavy atom. The summed E-state index contributed by atoms with van der Waals surface area (Å²) in [5.41, 5.74) is 6.24. The van der Waals surface area contributed by atoms with E-state index in [1.807, 2.05) is 0 Å². The fraction of sp³-hybridized carbons (Fsp3) is 0.261. The average Bonchev–Trinajstić information content (AvgIpc) is 3.25. The molecular weight excluding hydrogens is 496 g/mol. The SMILES string of the molecule is Cc1ccc(Nc2cc3ncn(-c4ccc(C(F)F)c(C(=O)N5CC(N)C5)n4)c3cc2OC(F)F)nn1. The molecule has 1 fully saturated rings. The fourth-order valence-electron chi connectivity index (χ4n) is 3.88. The highest BCUT2D eigenvalue weighted by molar-refractivity contribution is 5.95. The van der Waals surface area contributed by atoms with Crippen LogP contribution in [0.15, 0.2) is 42.7 Å². The lowest BCUT2D eigenvalue weighted by Gasteiger charge is -2.36. The second-order valence-corrected chi connectivity index (χ2v) is 8.39. The molecule has 0 aliphatic carbocycles. The first-order valence-corrected chi connectivity index (χ1v) is 11.1. The summed E-state index contributed by atoms with van der Waals surface area (Å²) in [6.07, 6.45) is -1.59. The molecule has 192 valence electrons. The van der Waals surface area contributed by atoms with Crippen molar-refractivity contribution in [3.8, 4) is 11.6 Å². The van der Waals surface area contributed by atoms with Crippen LogP contribution >= 0.6 is 0 Å². The number of benzene rings is 1. The van der Waals surface area contributed by atoms with Crippen LogP contribution in [0.5, 0.6) is 5.75 Å². The zero-order valence-corrected chi connectivity index (χ0v) is 19.3. The molecule has 1 aliphatic rings. The summed E-state index contributed by atoms with van der Waals surface area (Å²) in [4.78, 5) is 22.6. The maximum absolute atomic E-state index is 13.6. The number of alkyl halides is 4. The molecule has 14 heteroatoms. The zero-order valence-electron chi connectivity index (χ0n) is 19.3. The van der Waals surface area contributed by atoms with Gasteiger partial charge in [-0.3, -0.25) is 9.36 Å². The Morgan fingerprint density at radius 3 is 2.57 bits per heavy atom. The number of hydrogen-bond acceptors (Lipinski definition) is 8. The molecule has 0 spiro atoms. The van der Waals surface area contributed by atoms with Crippen molar-refractivity contribution in [2.24, 2.45) is 5.73 Å². The molecule has 1 aromatic carbocycles. The second kappa shape index (κ2) is 9.61. The third kappa shape index (κ3) is 4.87. The van der Waals surface area contributed by atoms with E-state index in [1.54, 1.807) is 19.1 Å². The Kier molecular flexibility index (Phi) is 6.33. The topological polar surface area (TPSA) is 124 Å². The molecule has 1 saturated heterocycles. The van der Waals surface area contributed by atoms with Gasteiger partial charge in [-0.15, -0.1) is 5.10 Å². The van der Waals surface area contributed by atoms with Crippen LogP contribution in [0.3, 0.4) is 0 Å². The van der Waals surface area contributed by atoms with Crippen LogP contribution in [0.25, 0.3) is 16.9 Å². The van der Waals surface area contributed by atoms with Gasteiger partial charge in [0.2, 0.25) is 0 Å². The Balaban J connectivity index is 1.56. The fourth-order valence-corrected chi connectivity index (χ4v) is 3.88. The van der Waals surface area contributed by atoms with E-state index in [1.165, 1.54) is 34.0 Å². The van der Waals surface area contributed by atoms with E-state index in [-0.39, 0.29) is 41.9 Å². The van der Waals surface area contributed by atoms with Crippen molar-refractivity contribution in [3.63, 3.8) is 0 Å². The van der Waals surface area contributed by atoms with Crippen molar-refractivity contribution in [1.29, 1.82) is 0 Å². The van der Waals surface area contributed by atoms with E-state index in [9.17, 15) is 22.4 Å². The van der Waals surface area contributed by atoms with Gasteiger partial charge in [0.25, 0.3) is 12.3 Å². The molecule has 0 unspecified atom stereocenters. The Morgan fingerprint density at radius 1 is 1.14 bits per heavy atom. The van der Waals surface area contributed by atoms with Crippen LogP contribution in [-0.2, 0) is 0 Å². The van der Waals surface area contributed by atoms with Gasteiger partial charge in [0.05, 0.1) is 22.4 Å². The Labute approximate surface area is 207 Å². The molecule has 1 amide bonds. The van der Waals surface area contributed by atoms with Crippen LogP contribution < -0.4 is 15.8 Å². The molecule has 3 aromatic heterocycles. The molecule has 0 radical (unpaired) electrons.